The lowest BCUT2D eigenvalue weighted by molar-refractivity contribution is 0.564. The minimum absolute atomic E-state index is 0.299. The van der Waals surface area contributed by atoms with Crippen molar-refractivity contribution in [3.05, 3.63) is 65.9 Å². The molecule has 1 aromatic carbocycles. The van der Waals surface area contributed by atoms with Gasteiger partial charge in [0.25, 0.3) is 11.3 Å². The van der Waals surface area contributed by atoms with E-state index >= 15 is 0 Å². The van der Waals surface area contributed by atoms with Crippen LogP contribution in [0.15, 0.2) is 60.1 Å². The smallest absolute Gasteiger partial charge is 0.267 e. The normalized spacial score (nSPS) is 12.1. The van der Waals surface area contributed by atoms with Gasteiger partial charge in [0, 0.05) is 16.5 Å². The molecule has 1 unspecified atom stereocenters. The average Bonchev–Trinajstić information content (AvgIpc) is 2.98. The number of benzene rings is 1. The lowest BCUT2D eigenvalue weighted by atomic mass is 10.2. The zero-order valence-corrected chi connectivity index (χ0v) is 12.9. The maximum absolute atomic E-state index is 13.0. The molecule has 0 saturated heterocycles. The fraction of sp³-hybridized carbons (Fsp3) is 0. The van der Waals surface area contributed by atoms with Crippen LogP contribution in [0.2, 0.25) is 0 Å². The summed E-state index contributed by atoms with van der Waals surface area (Å²) in [7, 11) is 0. The Morgan fingerprint density at radius 2 is 1.95 bits per heavy atom. The second-order valence-electron chi connectivity index (χ2n) is 4.39. The molecule has 0 aliphatic heterocycles. The van der Waals surface area contributed by atoms with Gasteiger partial charge in [0.05, 0.1) is 5.69 Å². The minimum Gasteiger partial charge on any atom is -0.289 e. The number of pyridine rings is 1. The number of halogens is 1. The molecule has 4 nitrogen and oxygen atoms in total. The van der Waals surface area contributed by atoms with Gasteiger partial charge in [-0.3, -0.25) is 4.55 Å². The van der Waals surface area contributed by atoms with Crippen LogP contribution in [0, 0.1) is 5.82 Å². The molecule has 0 radical (unpaired) electrons. The highest BCUT2D eigenvalue weighted by atomic mass is 32.2. The third-order valence-electron chi connectivity index (χ3n) is 2.96. The van der Waals surface area contributed by atoms with Gasteiger partial charge in [-0.25, -0.2) is 17.9 Å². The number of anilines is 2. The van der Waals surface area contributed by atoms with Crippen molar-refractivity contribution in [3.63, 3.8) is 0 Å². The molecule has 3 aromatic rings. The van der Waals surface area contributed by atoms with Crippen LogP contribution in [0.3, 0.4) is 0 Å². The molecule has 3 rings (SSSR count). The standard InChI is InChI=1S/C15H11FN2O2S2/c16-12-6-4-11(5-7-12)14-9-13(10-21-14)18(22(19)20)15-3-1-2-8-17-15/h1-10H,(H,19,20). The highest BCUT2D eigenvalue weighted by Crippen LogP contribution is 2.35. The second kappa shape index (κ2) is 6.35. The van der Waals surface area contributed by atoms with Gasteiger partial charge in [-0.1, -0.05) is 18.2 Å². The molecule has 2 aromatic heterocycles. The summed E-state index contributed by atoms with van der Waals surface area (Å²) in [5.74, 6) is 0.0823. The first-order valence-corrected chi connectivity index (χ1v) is 8.26. The van der Waals surface area contributed by atoms with Crippen molar-refractivity contribution in [3.8, 4) is 10.4 Å². The molecule has 2 heterocycles. The Hall–Kier alpha value is -2.09. The first-order valence-electron chi connectivity index (χ1n) is 6.32. The summed E-state index contributed by atoms with van der Waals surface area (Å²) in [6.07, 6.45) is 1.56. The summed E-state index contributed by atoms with van der Waals surface area (Å²) < 4.78 is 35.4. The molecular weight excluding hydrogens is 323 g/mol. The van der Waals surface area contributed by atoms with E-state index in [2.05, 4.69) is 4.98 Å². The average molecular weight is 334 g/mol. The first kappa shape index (κ1) is 14.8. The highest BCUT2D eigenvalue weighted by molar-refractivity contribution is 7.81. The maximum atomic E-state index is 13.0. The van der Waals surface area contributed by atoms with Gasteiger partial charge in [0.2, 0.25) is 0 Å². The Kier molecular flexibility index (Phi) is 4.28. The summed E-state index contributed by atoms with van der Waals surface area (Å²) in [4.78, 5) is 4.97. The van der Waals surface area contributed by atoms with E-state index in [-0.39, 0.29) is 5.82 Å². The SMILES string of the molecule is O=S(O)N(c1csc(-c2ccc(F)cc2)c1)c1ccccn1. The van der Waals surface area contributed by atoms with Gasteiger partial charge in [0.15, 0.2) is 0 Å². The quantitative estimate of drug-likeness (QED) is 0.727. The number of rotatable bonds is 4. The lowest BCUT2D eigenvalue weighted by Crippen LogP contribution is -2.19. The molecule has 0 amide bonds. The molecule has 112 valence electrons. The number of thiophene rings is 1. The molecule has 0 bridgehead atoms. The minimum atomic E-state index is -2.23. The Labute approximate surface area is 133 Å². The van der Waals surface area contributed by atoms with E-state index in [0.29, 0.717) is 11.5 Å². The van der Waals surface area contributed by atoms with Crippen LogP contribution in [0.1, 0.15) is 0 Å². The molecule has 1 atom stereocenters. The van der Waals surface area contributed by atoms with Gasteiger partial charge < -0.3 is 0 Å². The van der Waals surface area contributed by atoms with Gasteiger partial charge in [-0.2, -0.15) is 0 Å². The number of hydrogen-bond donors (Lipinski definition) is 1. The Balaban J connectivity index is 1.97. The number of hydrogen-bond acceptors (Lipinski definition) is 3. The van der Waals surface area contributed by atoms with Crippen molar-refractivity contribution in [2.75, 3.05) is 4.31 Å². The second-order valence-corrected chi connectivity index (χ2v) is 6.13. The van der Waals surface area contributed by atoms with Crippen LogP contribution in [0.4, 0.5) is 15.9 Å². The largest absolute Gasteiger partial charge is 0.289 e. The summed E-state index contributed by atoms with van der Waals surface area (Å²) in [5.41, 5.74) is 1.41. The summed E-state index contributed by atoms with van der Waals surface area (Å²) in [6, 6.07) is 13.0. The van der Waals surface area contributed by atoms with E-state index in [9.17, 15) is 13.2 Å². The topological polar surface area (TPSA) is 53.4 Å². The molecule has 0 aliphatic carbocycles. The van der Waals surface area contributed by atoms with Gasteiger partial charge in [-0.15, -0.1) is 11.3 Å². The fourth-order valence-corrected chi connectivity index (χ4v) is 3.48. The molecule has 0 saturated carbocycles. The van der Waals surface area contributed by atoms with E-state index in [0.717, 1.165) is 10.4 Å². The fourth-order valence-electron chi connectivity index (χ4n) is 1.97. The Morgan fingerprint density at radius 1 is 1.18 bits per heavy atom. The predicted molar refractivity (Wildman–Crippen MR) is 86.9 cm³/mol. The van der Waals surface area contributed by atoms with Crippen LogP contribution in [-0.2, 0) is 11.3 Å². The van der Waals surface area contributed by atoms with Crippen LogP contribution >= 0.6 is 11.3 Å². The van der Waals surface area contributed by atoms with Crippen LogP contribution in [0.5, 0.6) is 0 Å². The van der Waals surface area contributed by atoms with Crippen molar-refractivity contribution in [1.82, 2.24) is 4.98 Å². The van der Waals surface area contributed by atoms with Crippen LogP contribution < -0.4 is 4.31 Å². The van der Waals surface area contributed by atoms with Crippen molar-refractivity contribution in [2.45, 2.75) is 0 Å². The Bertz CT molecular complexity index is 791. The van der Waals surface area contributed by atoms with E-state index in [1.165, 1.54) is 27.8 Å². The van der Waals surface area contributed by atoms with Gasteiger partial charge in [0.1, 0.15) is 11.6 Å². The van der Waals surface area contributed by atoms with Crippen molar-refractivity contribution >= 4 is 34.1 Å². The molecule has 0 spiro atoms. The van der Waals surface area contributed by atoms with E-state index < -0.39 is 11.3 Å². The number of nitrogens with zero attached hydrogens (tertiary/aromatic N) is 2. The molecule has 0 fully saturated rings. The zero-order valence-electron chi connectivity index (χ0n) is 11.2. The van der Waals surface area contributed by atoms with E-state index in [1.54, 1.807) is 48.0 Å². The third kappa shape index (κ3) is 3.06. The van der Waals surface area contributed by atoms with Gasteiger partial charge in [-0.05, 0) is 35.9 Å². The van der Waals surface area contributed by atoms with Gasteiger partial charge >= 0.3 is 0 Å². The van der Waals surface area contributed by atoms with E-state index in [1.807, 2.05) is 0 Å². The van der Waals surface area contributed by atoms with E-state index in [4.69, 9.17) is 0 Å². The molecule has 1 N–H and O–H groups in total. The molecule has 7 heteroatoms. The van der Waals surface area contributed by atoms with Crippen molar-refractivity contribution in [1.29, 1.82) is 0 Å². The molecule has 0 aliphatic rings. The van der Waals surface area contributed by atoms with Crippen LogP contribution in [0.25, 0.3) is 10.4 Å². The summed E-state index contributed by atoms with van der Waals surface area (Å²) in [6.45, 7) is 0. The third-order valence-corrected chi connectivity index (χ3v) is 4.64. The maximum Gasteiger partial charge on any atom is 0.267 e. The monoisotopic (exact) mass is 334 g/mol. The summed E-state index contributed by atoms with van der Waals surface area (Å²) >= 11 is -0.823. The molecule has 22 heavy (non-hydrogen) atoms. The zero-order chi connectivity index (χ0) is 15.5. The Morgan fingerprint density at radius 3 is 2.59 bits per heavy atom. The predicted octanol–water partition coefficient (Wildman–Crippen LogP) is 4.22. The summed E-state index contributed by atoms with van der Waals surface area (Å²) in [5, 5.41) is 1.77. The number of aromatic nitrogens is 1. The van der Waals surface area contributed by atoms with Crippen molar-refractivity contribution in [2.24, 2.45) is 0 Å². The van der Waals surface area contributed by atoms with Crippen LogP contribution in [-0.4, -0.2) is 13.7 Å². The molecular formula is C15H11FN2O2S2. The van der Waals surface area contributed by atoms with Crippen molar-refractivity contribution < 1.29 is 13.2 Å². The first-order chi connectivity index (χ1) is 10.6. The lowest BCUT2D eigenvalue weighted by Gasteiger charge is -2.16. The highest BCUT2D eigenvalue weighted by Gasteiger charge is 2.18.